The first kappa shape index (κ1) is 17.4. The summed E-state index contributed by atoms with van der Waals surface area (Å²) in [7, 11) is 0. The summed E-state index contributed by atoms with van der Waals surface area (Å²) in [5.74, 6) is 0.0641. The van der Waals surface area contributed by atoms with E-state index < -0.39 is 0 Å². The molecule has 0 fully saturated rings. The van der Waals surface area contributed by atoms with Crippen molar-refractivity contribution in [3.63, 3.8) is 0 Å². The Morgan fingerprint density at radius 1 is 1.19 bits per heavy atom. The zero-order valence-corrected chi connectivity index (χ0v) is 14.0. The topological polar surface area (TPSA) is 112 Å². The first-order valence-electron chi connectivity index (χ1n) is 8.09. The van der Waals surface area contributed by atoms with Gasteiger partial charge in [0.15, 0.2) is 0 Å². The molecule has 0 aliphatic carbocycles. The van der Waals surface area contributed by atoms with E-state index in [9.17, 15) is 9.90 Å². The molecule has 0 atom stereocenters. The molecule has 3 aromatic rings. The Hall–Kier alpha value is -3.39. The number of rotatable bonds is 6. The molecule has 0 saturated heterocycles. The van der Waals surface area contributed by atoms with Crippen LogP contribution in [0.3, 0.4) is 0 Å². The Labute approximate surface area is 150 Å². The van der Waals surface area contributed by atoms with Crippen LogP contribution in [0.5, 0.6) is 5.75 Å². The van der Waals surface area contributed by atoms with E-state index in [-0.39, 0.29) is 18.4 Å². The highest BCUT2D eigenvalue weighted by atomic mass is 16.3. The number of amides is 2. The number of benzene rings is 2. The van der Waals surface area contributed by atoms with Crippen molar-refractivity contribution in [3.8, 4) is 11.4 Å². The van der Waals surface area contributed by atoms with Crippen molar-refractivity contribution < 1.29 is 15.0 Å². The minimum Gasteiger partial charge on any atom is -0.508 e. The van der Waals surface area contributed by atoms with Crippen LogP contribution in [0.4, 0.5) is 10.5 Å². The third-order valence-corrected chi connectivity index (χ3v) is 3.80. The van der Waals surface area contributed by atoms with Gasteiger partial charge in [-0.25, -0.2) is 9.48 Å². The number of aliphatic hydroxyl groups is 1. The lowest BCUT2D eigenvalue weighted by atomic mass is 10.1. The summed E-state index contributed by atoms with van der Waals surface area (Å²) >= 11 is 0. The maximum absolute atomic E-state index is 12.0. The van der Waals surface area contributed by atoms with Gasteiger partial charge in [-0.2, -0.15) is 0 Å². The highest BCUT2D eigenvalue weighted by Gasteiger charge is 2.05. The molecule has 8 heteroatoms. The predicted molar refractivity (Wildman–Crippen MR) is 96.1 cm³/mol. The second-order valence-electron chi connectivity index (χ2n) is 5.65. The van der Waals surface area contributed by atoms with Crippen LogP contribution < -0.4 is 10.6 Å². The second kappa shape index (κ2) is 8.13. The number of carbonyl (C=O) groups excluding carboxylic acids is 1. The summed E-state index contributed by atoms with van der Waals surface area (Å²) in [6.45, 7) is 0.194. The maximum atomic E-state index is 12.0. The van der Waals surface area contributed by atoms with Crippen molar-refractivity contribution in [2.45, 2.75) is 13.0 Å². The molecule has 1 heterocycles. The Morgan fingerprint density at radius 3 is 2.85 bits per heavy atom. The van der Waals surface area contributed by atoms with E-state index in [1.165, 1.54) is 6.07 Å². The molecule has 26 heavy (non-hydrogen) atoms. The molecule has 0 aliphatic heterocycles. The standard InChI is InChI=1S/C18H19N5O3/c24-12-14-10-13(4-5-17(14)25)6-7-19-18(26)21-15-2-1-3-16(11-15)23-9-8-20-22-23/h1-5,8-11,24-25H,6-7,12H2,(H2,19,21,26). The van der Waals surface area contributed by atoms with Crippen molar-refractivity contribution in [1.82, 2.24) is 20.3 Å². The fraction of sp³-hybridized carbons (Fsp3) is 0.167. The molecular formula is C18H19N5O3. The summed E-state index contributed by atoms with van der Waals surface area (Å²) in [6.07, 6.45) is 3.88. The molecule has 1 aromatic heterocycles. The number of anilines is 1. The number of aromatic nitrogens is 3. The molecule has 0 bridgehead atoms. The number of aromatic hydroxyl groups is 1. The lowest BCUT2D eigenvalue weighted by Gasteiger charge is -2.10. The molecule has 0 radical (unpaired) electrons. The highest BCUT2D eigenvalue weighted by Crippen LogP contribution is 2.18. The van der Waals surface area contributed by atoms with Gasteiger partial charge in [-0.05, 0) is 42.3 Å². The quantitative estimate of drug-likeness (QED) is 0.540. The van der Waals surface area contributed by atoms with E-state index in [2.05, 4.69) is 20.9 Å². The first-order valence-corrected chi connectivity index (χ1v) is 8.09. The summed E-state index contributed by atoms with van der Waals surface area (Å²) in [6, 6.07) is 12.0. The number of hydrogen-bond donors (Lipinski definition) is 4. The van der Waals surface area contributed by atoms with Crippen molar-refractivity contribution >= 4 is 11.7 Å². The summed E-state index contributed by atoms with van der Waals surface area (Å²) in [5, 5.41) is 31.9. The van der Waals surface area contributed by atoms with Crippen molar-refractivity contribution in [2.75, 3.05) is 11.9 Å². The molecule has 3 rings (SSSR count). The lowest BCUT2D eigenvalue weighted by molar-refractivity contribution is 0.252. The number of aliphatic hydroxyl groups excluding tert-OH is 1. The largest absolute Gasteiger partial charge is 0.508 e. The van der Waals surface area contributed by atoms with Crippen LogP contribution >= 0.6 is 0 Å². The normalized spacial score (nSPS) is 10.5. The van der Waals surface area contributed by atoms with Crippen molar-refractivity contribution in [3.05, 3.63) is 66.0 Å². The number of urea groups is 1. The zero-order chi connectivity index (χ0) is 18.4. The maximum Gasteiger partial charge on any atom is 0.319 e. The van der Waals surface area contributed by atoms with Gasteiger partial charge in [0.2, 0.25) is 0 Å². The van der Waals surface area contributed by atoms with Crippen LogP contribution in [0.2, 0.25) is 0 Å². The van der Waals surface area contributed by atoms with Crippen LogP contribution in [-0.2, 0) is 13.0 Å². The van der Waals surface area contributed by atoms with Crippen LogP contribution in [-0.4, -0.2) is 37.8 Å². The van der Waals surface area contributed by atoms with Gasteiger partial charge in [0.1, 0.15) is 5.75 Å². The van der Waals surface area contributed by atoms with Gasteiger partial charge in [-0.3, -0.25) is 0 Å². The van der Waals surface area contributed by atoms with Gasteiger partial charge in [-0.15, -0.1) is 5.10 Å². The molecule has 0 aliphatic rings. The van der Waals surface area contributed by atoms with E-state index >= 15 is 0 Å². The van der Waals surface area contributed by atoms with Crippen molar-refractivity contribution in [2.24, 2.45) is 0 Å². The van der Waals surface area contributed by atoms with E-state index in [4.69, 9.17) is 5.11 Å². The minimum absolute atomic E-state index is 0.0641. The fourth-order valence-electron chi connectivity index (χ4n) is 2.49. The van der Waals surface area contributed by atoms with E-state index in [0.29, 0.717) is 24.2 Å². The number of nitrogens with zero attached hydrogens (tertiary/aromatic N) is 3. The highest BCUT2D eigenvalue weighted by molar-refractivity contribution is 5.89. The van der Waals surface area contributed by atoms with Crippen LogP contribution in [0.1, 0.15) is 11.1 Å². The van der Waals surface area contributed by atoms with Gasteiger partial charge in [0.25, 0.3) is 0 Å². The molecule has 0 unspecified atom stereocenters. The average Bonchev–Trinajstić information content (AvgIpc) is 3.18. The average molecular weight is 353 g/mol. The van der Waals surface area contributed by atoms with Gasteiger partial charge in [0.05, 0.1) is 24.7 Å². The van der Waals surface area contributed by atoms with E-state index in [0.717, 1.165) is 11.3 Å². The van der Waals surface area contributed by atoms with Crippen LogP contribution in [0, 0.1) is 0 Å². The molecule has 2 amide bonds. The first-order chi connectivity index (χ1) is 12.7. The van der Waals surface area contributed by atoms with Crippen LogP contribution in [0.15, 0.2) is 54.9 Å². The number of nitrogens with one attached hydrogen (secondary N) is 2. The third kappa shape index (κ3) is 4.37. The molecule has 2 aromatic carbocycles. The SMILES string of the molecule is O=C(NCCc1ccc(O)c(CO)c1)Nc1cccc(-n2ccnn2)c1. The third-order valence-electron chi connectivity index (χ3n) is 3.80. The molecule has 134 valence electrons. The van der Waals surface area contributed by atoms with Crippen molar-refractivity contribution in [1.29, 1.82) is 0 Å². The smallest absolute Gasteiger partial charge is 0.319 e. The van der Waals surface area contributed by atoms with E-state index in [1.54, 1.807) is 41.3 Å². The van der Waals surface area contributed by atoms with Gasteiger partial charge in [-0.1, -0.05) is 17.3 Å². The van der Waals surface area contributed by atoms with Crippen LogP contribution in [0.25, 0.3) is 5.69 Å². The Balaban J connectivity index is 1.52. The number of phenols is 1. The monoisotopic (exact) mass is 353 g/mol. The minimum atomic E-state index is -0.318. The summed E-state index contributed by atoms with van der Waals surface area (Å²) in [4.78, 5) is 12.0. The summed E-state index contributed by atoms with van der Waals surface area (Å²) < 4.78 is 1.60. The van der Waals surface area contributed by atoms with E-state index in [1.807, 2.05) is 12.1 Å². The second-order valence-corrected chi connectivity index (χ2v) is 5.65. The fourth-order valence-corrected chi connectivity index (χ4v) is 2.49. The number of carbonyl (C=O) groups is 1. The lowest BCUT2D eigenvalue weighted by Crippen LogP contribution is -2.30. The van der Waals surface area contributed by atoms with Gasteiger partial charge in [0, 0.05) is 17.8 Å². The number of hydrogen-bond acceptors (Lipinski definition) is 5. The molecular weight excluding hydrogens is 334 g/mol. The van der Waals surface area contributed by atoms with Gasteiger partial charge >= 0.3 is 6.03 Å². The molecule has 0 saturated carbocycles. The Kier molecular flexibility index (Phi) is 5.45. The predicted octanol–water partition coefficient (Wildman–Crippen LogP) is 1.83. The van der Waals surface area contributed by atoms with Gasteiger partial charge < -0.3 is 20.8 Å². The molecule has 8 nitrogen and oxygen atoms in total. The molecule has 4 N–H and O–H groups in total. The molecule has 0 spiro atoms. The Morgan fingerprint density at radius 2 is 2.08 bits per heavy atom. The summed E-state index contributed by atoms with van der Waals surface area (Å²) in [5.41, 5.74) is 2.82. The zero-order valence-electron chi connectivity index (χ0n) is 14.0. The Bertz CT molecular complexity index is 880.